The maximum Gasteiger partial charge on any atom is 0.255 e. The molecule has 0 fully saturated rings. The average Bonchev–Trinajstić information content (AvgIpc) is 2.56. The van der Waals surface area contributed by atoms with Crippen LogP contribution in [0.1, 0.15) is 48.5 Å². The van der Waals surface area contributed by atoms with Crippen molar-refractivity contribution in [2.45, 2.75) is 38.3 Å². The lowest BCUT2D eigenvalue weighted by Crippen LogP contribution is -2.55. The molecule has 0 spiro atoms. The Hall–Kier alpha value is -2.29. The molecular formula is C19H22N2O. The lowest BCUT2D eigenvalue weighted by Gasteiger charge is -2.41. The number of anilines is 1. The van der Waals surface area contributed by atoms with Gasteiger partial charge in [0.2, 0.25) is 0 Å². The number of amides is 1. The number of nitrogens with one attached hydrogen (secondary N) is 2. The Kier molecular flexibility index (Phi) is 4.14. The first-order valence-electron chi connectivity index (χ1n) is 8.00. The molecule has 0 aromatic heterocycles. The Bertz CT molecular complexity index is 653. The molecule has 1 amide bonds. The van der Waals surface area contributed by atoms with E-state index in [0.29, 0.717) is 5.56 Å². The highest BCUT2D eigenvalue weighted by atomic mass is 16.2. The summed E-state index contributed by atoms with van der Waals surface area (Å²) < 4.78 is 0. The number of carbonyl (C=O) groups is 1. The zero-order valence-corrected chi connectivity index (χ0v) is 12.9. The van der Waals surface area contributed by atoms with Crippen molar-refractivity contribution in [3.63, 3.8) is 0 Å². The summed E-state index contributed by atoms with van der Waals surface area (Å²) in [7, 11) is 0. The van der Waals surface area contributed by atoms with Crippen LogP contribution in [-0.4, -0.2) is 5.91 Å². The van der Waals surface area contributed by atoms with E-state index in [1.807, 2.05) is 42.5 Å². The van der Waals surface area contributed by atoms with Crippen molar-refractivity contribution in [1.29, 1.82) is 0 Å². The molecule has 1 atom stereocenters. The second-order valence-corrected chi connectivity index (χ2v) is 5.85. The molecular weight excluding hydrogens is 272 g/mol. The molecule has 1 aliphatic heterocycles. The Morgan fingerprint density at radius 3 is 2.41 bits per heavy atom. The van der Waals surface area contributed by atoms with E-state index in [9.17, 15) is 4.79 Å². The molecule has 2 aromatic rings. The summed E-state index contributed by atoms with van der Waals surface area (Å²) in [6.07, 6.45) is 4.27. The Balaban J connectivity index is 1.99. The van der Waals surface area contributed by atoms with Crippen molar-refractivity contribution < 1.29 is 4.79 Å². The largest absolute Gasteiger partial charge is 0.358 e. The van der Waals surface area contributed by atoms with Crippen LogP contribution in [0.25, 0.3) is 0 Å². The predicted molar refractivity (Wildman–Crippen MR) is 89.8 cm³/mol. The highest BCUT2D eigenvalue weighted by molar-refractivity contribution is 6.02. The van der Waals surface area contributed by atoms with Crippen molar-refractivity contribution in [3.8, 4) is 0 Å². The summed E-state index contributed by atoms with van der Waals surface area (Å²) in [6.45, 7) is 2.19. The number of rotatable bonds is 5. The van der Waals surface area contributed by atoms with Gasteiger partial charge in [0.05, 0.1) is 5.56 Å². The van der Waals surface area contributed by atoms with Gasteiger partial charge in [0.1, 0.15) is 5.66 Å². The van der Waals surface area contributed by atoms with Gasteiger partial charge in [-0.15, -0.1) is 0 Å². The molecule has 3 heteroatoms. The van der Waals surface area contributed by atoms with E-state index in [-0.39, 0.29) is 5.91 Å². The quantitative estimate of drug-likeness (QED) is 0.808. The molecule has 1 heterocycles. The molecule has 2 aromatic carbocycles. The summed E-state index contributed by atoms with van der Waals surface area (Å²) in [5.74, 6) is -0.00491. The van der Waals surface area contributed by atoms with Crippen molar-refractivity contribution >= 4 is 11.6 Å². The number of hydrogen-bond acceptors (Lipinski definition) is 2. The summed E-state index contributed by atoms with van der Waals surface area (Å²) in [5.41, 5.74) is 2.21. The van der Waals surface area contributed by atoms with Gasteiger partial charge in [0.25, 0.3) is 5.91 Å². The van der Waals surface area contributed by atoms with Gasteiger partial charge in [-0.2, -0.15) is 0 Å². The lowest BCUT2D eigenvalue weighted by molar-refractivity contribution is 0.0892. The van der Waals surface area contributed by atoms with Crippen LogP contribution in [0.15, 0.2) is 54.6 Å². The van der Waals surface area contributed by atoms with E-state index in [4.69, 9.17) is 0 Å². The van der Waals surface area contributed by atoms with E-state index in [2.05, 4.69) is 29.7 Å². The van der Waals surface area contributed by atoms with Gasteiger partial charge in [0, 0.05) is 5.69 Å². The van der Waals surface area contributed by atoms with Crippen molar-refractivity contribution in [1.82, 2.24) is 5.32 Å². The van der Waals surface area contributed by atoms with E-state index >= 15 is 0 Å². The van der Waals surface area contributed by atoms with Gasteiger partial charge in [-0.1, -0.05) is 62.2 Å². The second-order valence-electron chi connectivity index (χ2n) is 5.85. The van der Waals surface area contributed by atoms with E-state index in [0.717, 1.165) is 36.9 Å². The summed E-state index contributed by atoms with van der Waals surface area (Å²) >= 11 is 0. The van der Waals surface area contributed by atoms with Crippen LogP contribution in [0.2, 0.25) is 0 Å². The van der Waals surface area contributed by atoms with Gasteiger partial charge in [-0.05, 0) is 30.5 Å². The van der Waals surface area contributed by atoms with E-state index < -0.39 is 5.66 Å². The molecule has 2 N–H and O–H groups in total. The van der Waals surface area contributed by atoms with Crippen LogP contribution >= 0.6 is 0 Å². The smallest absolute Gasteiger partial charge is 0.255 e. The number of fused-ring (bicyclic) bond motifs is 1. The normalized spacial score (nSPS) is 20.0. The number of para-hydroxylation sites is 1. The van der Waals surface area contributed by atoms with Gasteiger partial charge < -0.3 is 10.6 Å². The third-order valence-corrected chi connectivity index (χ3v) is 4.27. The Labute approximate surface area is 131 Å². The molecule has 3 nitrogen and oxygen atoms in total. The summed E-state index contributed by atoms with van der Waals surface area (Å²) in [4.78, 5) is 12.6. The number of unbranched alkanes of at least 4 members (excludes halogenated alkanes) is 2. The third kappa shape index (κ3) is 2.71. The molecule has 0 radical (unpaired) electrons. The van der Waals surface area contributed by atoms with Gasteiger partial charge in [-0.25, -0.2) is 0 Å². The SMILES string of the molecule is CCCCCC1(c2ccccc2)NC(=O)c2ccccc2N1. The van der Waals surface area contributed by atoms with Crippen LogP contribution in [0.3, 0.4) is 0 Å². The Morgan fingerprint density at radius 1 is 0.909 bits per heavy atom. The number of hydrogen-bond donors (Lipinski definition) is 2. The van der Waals surface area contributed by atoms with Crippen molar-refractivity contribution in [2.75, 3.05) is 5.32 Å². The fraction of sp³-hybridized carbons (Fsp3) is 0.316. The molecule has 1 aliphatic rings. The highest BCUT2D eigenvalue weighted by Gasteiger charge is 2.38. The fourth-order valence-corrected chi connectivity index (χ4v) is 3.09. The molecule has 0 saturated heterocycles. The standard InChI is InChI=1S/C19H22N2O/c1-2-3-9-14-19(15-10-5-4-6-11-15)20-17-13-8-7-12-16(17)18(22)21-19/h4-8,10-13,20H,2-3,9,14H2,1H3,(H,21,22). The monoisotopic (exact) mass is 294 g/mol. The molecule has 114 valence electrons. The minimum Gasteiger partial charge on any atom is -0.358 e. The first-order chi connectivity index (χ1) is 10.7. The van der Waals surface area contributed by atoms with Crippen molar-refractivity contribution in [2.24, 2.45) is 0 Å². The van der Waals surface area contributed by atoms with Crippen LogP contribution in [0, 0.1) is 0 Å². The lowest BCUT2D eigenvalue weighted by atomic mass is 9.89. The topological polar surface area (TPSA) is 41.1 Å². The number of carbonyl (C=O) groups excluding carboxylic acids is 1. The first-order valence-corrected chi connectivity index (χ1v) is 8.00. The third-order valence-electron chi connectivity index (χ3n) is 4.27. The van der Waals surface area contributed by atoms with Gasteiger partial charge in [-0.3, -0.25) is 4.79 Å². The van der Waals surface area contributed by atoms with E-state index in [1.54, 1.807) is 0 Å². The zero-order chi connectivity index (χ0) is 15.4. The maximum absolute atomic E-state index is 12.6. The molecule has 0 aliphatic carbocycles. The van der Waals surface area contributed by atoms with Gasteiger partial charge >= 0.3 is 0 Å². The molecule has 0 bridgehead atoms. The average molecular weight is 294 g/mol. The fourth-order valence-electron chi connectivity index (χ4n) is 3.09. The van der Waals surface area contributed by atoms with Crippen LogP contribution in [0.5, 0.6) is 0 Å². The van der Waals surface area contributed by atoms with E-state index in [1.165, 1.54) is 0 Å². The molecule has 0 saturated carbocycles. The summed E-state index contributed by atoms with van der Waals surface area (Å²) in [6, 6.07) is 17.9. The van der Waals surface area contributed by atoms with Crippen LogP contribution in [-0.2, 0) is 5.66 Å². The molecule has 22 heavy (non-hydrogen) atoms. The Morgan fingerprint density at radius 2 is 1.64 bits per heavy atom. The predicted octanol–water partition coefficient (Wildman–Crippen LogP) is 4.28. The highest BCUT2D eigenvalue weighted by Crippen LogP contribution is 2.34. The number of benzene rings is 2. The second kappa shape index (κ2) is 6.22. The molecule has 1 unspecified atom stereocenters. The van der Waals surface area contributed by atoms with Crippen LogP contribution in [0.4, 0.5) is 5.69 Å². The molecule has 3 rings (SSSR count). The first kappa shape index (κ1) is 14.6. The van der Waals surface area contributed by atoms with Crippen molar-refractivity contribution in [3.05, 3.63) is 65.7 Å². The van der Waals surface area contributed by atoms with Gasteiger partial charge in [0.15, 0.2) is 0 Å². The minimum atomic E-state index is -0.512. The zero-order valence-electron chi connectivity index (χ0n) is 12.9. The maximum atomic E-state index is 12.6. The van der Waals surface area contributed by atoms with Crippen LogP contribution < -0.4 is 10.6 Å². The summed E-state index contributed by atoms with van der Waals surface area (Å²) in [5, 5.41) is 6.80. The minimum absolute atomic E-state index is 0.00491.